The molecule has 0 saturated carbocycles. The van der Waals surface area contributed by atoms with Crippen molar-refractivity contribution in [1.82, 2.24) is 0 Å². The van der Waals surface area contributed by atoms with Gasteiger partial charge in [-0.15, -0.1) is 0 Å². The van der Waals surface area contributed by atoms with Gasteiger partial charge in [-0.2, -0.15) is 0 Å². The molecule has 1 aromatic rings. The standard InChI is InChI=1S/C11H10I3NO4/c1-4(16)18-11(19-5(2)17)8-6(12)3-7(13)10(15)9(8)14/h3,11H,15H2,1-2H3. The van der Waals surface area contributed by atoms with Crippen molar-refractivity contribution in [2.75, 3.05) is 5.73 Å². The molecule has 0 aliphatic heterocycles. The molecule has 0 radical (unpaired) electrons. The van der Waals surface area contributed by atoms with Gasteiger partial charge in [-0.3, -0.25) is 9.59 Å². The molecule has 1 aromatic carbocycles. The molecule has 0 aliphatic carbocycles. The molecule has 0 bridgehead atoms. The molecule has 0 unspecified atom stereocenters. The first kappa shape index (κ1) is 17.2. The van der Waals surface area contributed by atoms with Crippen molar-refractivity contribution in [3.8, 4) is 0 Å². The number of nitrogens with two attached hydrogens (primary N) is 1. The Labute approximate surface area is 151 Å². The van der Waals surface area contributed by atoms with Gasteiger partial charge >= 0.3 is 11.9 Å². The summed E-state index contributed by atoms with van der Waals surface area (Å²) in [5.74, 6) is -1.06. The summed E-state index contributed by atoms with van der Waals surface area (Å²) < 4.78 is 12.5. The molecule has 19 heavy (non-hydrogen) atoms. The molecule has 0 fully saturated rings. The highest BCUT2D eigenvalue weighted by molar-refractivity contribution is 14.1. The molecule has 5 nitrogen and oxygen atoms in total. The number of hydrogen-bond acceptors (Lipinski definition) is 5. The Morgan fingerprint density at radius 3 is 2.00 bits per heavy atom. The zero-order valence-corrected chi connectivity index (χ0v) is 16.5. The van der Waals surface area contributed by atoms with E-state index in [9.17, 15) is 9.59 Å². The van der Waals surface area contributed by atoms with E-state index in [1.54, 1.807) is 0 Å². The number of halogens is 3. The number of anilines is 1. The fraction of sp³-hybridized carbons (Fsp3) is 0.273. The highest BCUT2D eigenvalue weighted by atomic mass is 127. The highest BCUT2D eigenvalue weighted by Crippen LogP contribution is 2.35. The summed E-state index contributed by atoms with van der Waals surface area (Å²) in [5, 5.41) is 0. The van der Waals surface area contributed by atoms with E-state index >= 15 is 0 Å². The molecular formula is C11H10I3NO4. The van der Waals surface area contributed by atoms with Crippen molar-refractivity contribution >= 4 is 85.4 Å². The first-order chi connectivity index (χ1) is 8.73. The van der Waals surface area contributed by atoms with Crippen LogP contribution < -0.4 is 5.73 Å². The van der Waals surface area contributed by atoms with Gasteiger partial charge in [-0.1, -0.05) is 0 Å². The minimum Gasteiger partial charge on any atom is -0.421 e. The first-order valence-electron chi connectivity index (χ1n) is 5.01. The summed E-state index contributed by atoms with van der Waals surface area (Å²) in [4.78, 5) is 22.3. The van der Waals surface area contributed by atoms with Gasteiger partial charge in [0.25, 0.3) is 6.29 Å². The van der Waals surface area contributed by atoms with Gasteiger partial charge in [0.15, 0.2) is 0 Å². The topological polar surface area (TPSA) is 78.6 Å². The van der Waals surface area contributed by atoms with Gasteiger partial charge in [-0.25, -0.2) is 0 Å². The number of ether oxygens (including phenoxy) is 2. The van der Waals surface area contributed by atoms with E-state index in [2.05, 4.69) is 45.2 Å². The first-order valence-corrected chi connectivity index (χ1v) is 8.25. The van der Waals surface area contributed by atoms with Crippen molar-refractivity contribution < 1.29 is 19.1 Å². The Hall–Kier alpha value is 0.150. The van der Waals surface area contributed by atoms with E-state index in [4.69, 9.17) is 15.2 Å². The third-order valence-electron chi connectivity index (χ3n) is 2.02. The zero-order chi connectivity index (χ0) is 14.7. The average Bonchev–Trinajstić information content (AvgIpc) is 2.24. The van der Waals surface area contributed by atoms with Gasteiger partial charge in [0.05, 0.1) is 11.3 Å². The Morgan fingerprint density at radius 1 is 1.11 bits per heavy atom. The average molecular weight is 601 g/mol. The quantitative estimate of drug-likeness (QED) is 0.250. The Balaban J connectivity index is 3.32. The minimum absolute atomic E-state index is 0.532. The van der Waals surface area contributed by atoms with Crippen LogP contribution in [0.15, 0.2) is 6.07 Å². The maximum atomic E-state index is 11.1. The van der Waals surface area contributed by atoms with Crippen LogP contribution >= 0.6 is 67.8 Å². The van der Waals surface area contributed by atoms with Crippen LogP contribution in [0, 0.1) is 10.7 Å². The summed E-state index contributed by atoms with van der Waals surface area (Å²) in [6, 6.07) is 1.84. The molecule has 8 heteroatoms. The van der Waals surface area contributed by atoms with Gasteiger partial charge in [0.2, 0.25) is 0 Å². The monoisotopic (exact) mass is 601 g/mol. The number of hydrogen-bond donors (Lipinski definition) is 1. The number of carbonyl (C=O) groups excluding carboxylic acids is 2. The fourth-order valence-corrected chi connectivity index (χ4v) is 5.16. The molecule has 0 aliphatic rings. The number of carbonyl (C=O) groups is 2. The molecule has 1 rings (SSSR count). The third kappa shape index (κ3) is 4.58. The Morgan fingerprint density at radius 2 is 1.58 bits per heavy atom. The van der Waals surface area contributed by atoms with Crippen molar-refractivity contribution in [3.63, 3.8) is 0 Å². The summed E-state index contributed by atoms with van der Waals surface area (Å²) >= 11 is 6.25. The molecule has 0 spiro atoms. The maximum Gasteiger partial charge on any atom is 0.305 e. The normalized spacial score (nSPS) is 10.4. The molecule has 0 heterocycles. The van der Waals surface area contributed by atoms with Crippen LogP contribution in [0.3, 0.4) is 0 Å². The van der Waals surface area contributed by atoms with E-state index in [0.717, 1.165) is 7.14 Å². The van der Waals surface area contributed by atoms with Crippen LogP contribution in [0.4, 0.5) is 5.69 Å². The fourth-order valence-electron chi connectivity index (χ4n) is 1.28. The molecule has 0 saturated heterocycles. The molecule has 2 N–H and O–H groups in total. The van der Waals surface area contributed by atoms with E-state index in [1.165, 1.54) is 13.8 Å². The molecule has 0 aromatic heterocycles. The summed E-state index contributed by atoms with van der Waals surface area (Å²) in [6.45, 7) is 2.51. The van der Waals surface area contributed by atoms with Gasteiger partial charge in [0.1, 0.15) is 0 Å². The van der Waals surface area contributed by atoms with Gasteiger partial charge in [0, 0.05) is 24.6 Å². The number of esters is 2. The smallest absolute Gasteiger partial charge is 0.305 e. The number of nitrogen functional groups attached to an aromatic ring is 1. The van der Waals surface area contributed by atoms with Crippen molar-refractivity contribution in [1.29, 1.82) is 0 Å². The van der Waals surface area contributed by atoms with E-state index in [1.807, 2.05) is 28.7 Å². The van der Waals surface area contributed by atoms with Crippen molar-refractivity contribution in [3.05, 3.63) is 22.3 Å². The molecule has 104 valence electrons. The van der Waals surface area contributed by atoms with E-state index < -0.39 is 18.2 Å². The lowest BCUT2D eigenvalue weighted by molar-refractivity contribution is -0.186. The van der Waals surface area contributed by atoms with Crippen LogP contribution in [0.1, 0.15) is 25.7 Å². The lowest BCUT2D eigenvalue weighted by Gasteiger charge is -2.20. The second kappa shape index (κ2) is 7.24. The minimum atomic E-state index is -1.08. The van der Waals surface area contributed by atoms with Crippen molar-refractivity contribution in [2.24, 2.45) is 0 Å². The van der Waals surface area contributed by atoms with Gasteiger partial charge in [-0.05, 0) is 73.8 Å². The van der Waals surface area contributed by atoms with E-state index in [0.29, 0.717) is 14.8 Å². The zero-order valence-electron chi connectivity index (χ0n) is 10.00. The molecular weight excluding hydrogens is 591 g/mol. The summed E-state index contributed by atoms with van der Waals surface area (Å²) in [7, 11) is 0. The van der Waals surface area contributed by atoms with Crippen LogP contribution in [0.2, 0.25) is 0 Å². The van der Waals surface area contributed by atoms with Crippen LogP contribution in [0.25, 0.3) is 0 Å². The maximum absolute atomic E-state index is 11.1. The van der Waals surface area contributed by atoms with Crippen LogP contribution in [-0.4, -0.2) is 11.9 Å². The SMILES string of the molecule is CC(=O)OC(OC(C)=O)c1c(I)cc(I)c(N)c1I. The Kier molecular flexibility index (Phi) is 6.56. The Bertz CT molecular complexity index is 517. The lowest BCUT2D eigenvalue weighted by atomic mass is 10.2. The molecule has 0 atom stereocenters. The van der Waals surface area contributed by atoms with Gasteiger partial charge < -0.3 is 15.2 Å². The number of rotatable bonds is 3. The molecule has 0 amide bonds. The number of benzene rings is 1. The second-order valence-electron chi connectivity index (χ2n) is 3.53. The van der Waals surface area contributed by atoms with E-state index in [-0.39, 0.29) is 0 Å². The van der Waals surface area contributed by atoms with Crippen molar-refractivity contribution in [2.45, 2.75) is 20.1 Å². The summed E-state index contributed by atoms with van der Waals surface area (Å²) in [6.07, 6.45) is -1.08. The van der Waals surface area contributed by atoms with Crippen LogP contribution in [0.5, 0.6) is 0 Å². The predicted molar refractivity (Wildman–Crippen MR) is 95.3 cm³/mol. The lowest BCUT2D eigenvalue weighted by Crippen LogP contribution is -2.18. The highest BCUT2D eigenvalue weighted by Gasteiger charge is 2.25. The predicted octanol–water partition coefficient (Wildman–Crippen LogP) is 3.21. The third-order valence-corrected chi connectivity index (χ3v) is 4.97. The second-order valence-corrected chi connectivity index (χ2v) is 6.94. The largest absolute Gasteiger partial charge is 0.421 e. The van der Waals surface area contributed by atoms with Crippen LogP contribution in [-0.2, 0) is 19.1 Å². The summed E-state index contributed by atoms with van der Waals surface area (Å²) in [5.41, 5.74) is 7.11.